The van der Waals surface area contributed by atoms with Crippen molar-refractivity contribution in [2.45, 2.75) is 46.1 Å². The van der Waals surface area contributed by atoms with Crippen molar-refractivity contribution in [3.05, 3.63) is 23.8 Å². The van der Waals surface area contributed by atoms with Crippen molar-refractivity contribution in [1.29, 1.82) is 0 Å². The average molecular weight is 406 g/mol. The number of methoxy groups -OCH3 is 2. The van der Waals surface area contributed by atoms with E-state index in [0.29, 0.717) is 37.1 Å². The topological polar surface area (TPSA) is 79.9 Å². The summed E-state index contributed by atoms with van der Waals surface area (Å²) in [5.41, 5.74) is 0.528. The number of carbonyl (C=O) groups is 2. The zero-order valence-electron chi connectivity index (χ0n) is 18.7. The summed E-state index contributed by atoms with van der Waals surface area (Å²) in [6, 6.07) is 5.41. The normalized spacial score (nSPS) is 19.2. The molecule has 1 aromatic rings. The van der Waals surface area contributed by atoms with Crippen LogP contribution >= 0.6 is 0 Å². The number of ether oxygens (including phenoxy) is 2. The Morgan fingerprint density at radius 1 is 1.17 bits per heavy atom. The third-order valence-electron chi connectivity index (χ3n) is 4.95. The second-order valence-corrected chi connectivity index (χ2v) is 9.05. The van der Waals surface area contributed by atoms with Gasteiger partial charge in [0.15, 0.2) is 0 Å². The minimum absolute atomic E-state index is 0.0420. The zero-order valence-corrected chi connectivity index (χ0v) is 18.7. The molecule has 7 heteroatoms. The Morgan fingerprint density at radius 3 is 2.41 bits per heavy atom. The monoisotopic (exact) mass is 405 g/mol. The van der Waals surface area contributed by atoms with Gasteiger partial charge in [0.1, 0.15) is 11.5 Å². The van der Waals surface area contributed by atoms with Gasteiger partial charge in [0.25, 0.3) is 0 Å². The number of hydrogen-bond acceptors (Lipinski definition) is 4. The second kappa shape index (κ2) is 9.37. The molecule has 29 heavy (non-hydrogen) atoms. The third-order valence-corrected chi connectivity index (χ3v) is 4.95. The summed E-state index contributed by atoms with van der Waals surface area (Å²) in [6.45, 7) is 11.3. The first-order valence-electron chi connectivity index (χ1n) is 10.1. The number of amides is 3. The van der Waals surface area contributed by atoms with Gasteiger partial charge in [-0.1, -0.05) is 13.8 Å². The van der Waals surface area contributed by atoms with Gasteiger partial charge < -0.3 is 25.0 Å². The average Bonchev–Trinajstić information content (AvgIpc) is 3.09. The van der Waals surface area contributed by atoms with E-state index >= 15 is 0 Å². The Hall–Kier alpha value is -2.44. The van der Waals surface area contributed by atoms with E-state index in [-0.39, 0.29) is 29.3 Å². The molecule has 1 heterocycles. The van der Waals surface area contributed by atoms with Crippen molar-refractivity contribution in [2.75, 3.05) is 33.9 Å². The smallest absolute Gasteiger partial charge is 0.317 e. The lowest BCUT2D eigenvalue weighted by Gasteiger charge is -2.25. The van der Waals surface area contributed by atoms with Gasteiger partial charge in [-0.05, 0) is 44.9 Å². The summed E-state index contributed by atoms with van der Waals surface area (Å²) in [7, 11) is 3.22. The highest BCUT2D eigenvalue weighted by Gasteiger charge is 2.42. The van der Waals surface area contributed by atoms with Crippen LogP contribution in [0.1, 0.15) is 46.1 Å². The number of hydrogen-bond donors (Lipinski definition) is 2. The van der Waals surface area contributed by atoms with Gasteiger partial charge >= 0.3 is 6.03 Å². The minimum atomic E-state index is -0.361. The van der Waals surface area contributed by atoms with Crippen LogP contribution in [0.15, 0.2) is 18.2 Å². The molecule has 2 rings (SSSR count). The van der Waals surface area contributed by atoms with Gasteiger partial charge in [-0.2, -0.15) is 0 Å². The fourth-order valence-electron chi connectivity index (χ4n) is 3.52. The molecular weight excluding hydrogens is 370 g/mol. The summed E-state index contributed by atoms with van der Waals surface area (Å²) in [6.07, 6.45) is 0. The first-order valence-corrected chi connectivity index (χ1v) is 10.1. The summed E-state index contributed by atoms with van der Waals surface area (Å²) < 4.78 is 10.9. The summed E-state index contributed by atoms with van der Waals surface area (Å²) in [5.74, 6) is 1.15. The van der Waals surface area contributed by atoms with Gasteiger partial charge in [0.05, 0.1) is 20.1 Å². The molecule has 1 aliphatic rings. The second-order valence-electron chi connectivity index (χ2n) is 9.05. The predicted octanol–water partition coefficient (Wildman–Crippen LogP) is 3.00. The number of rotatable bonds is 6. The van der Waals surface area contributed by atoms with Crippen LogP contribution in [0.3, 0.4) is 0 Å². The lowest BCUT2D eigenvalue weighted by molar-refractivity contribution is -0.125. The lowest BCUT2D eigenvalue weighted by Crippen LogP contribution is -2.48. The SMILES string of the molecule is COc1ccc(OC)c([C@H]2CN(C(=O)NC(C)(C)C)C[C@H]2C(=O)NCC(C)C)c1. The van der Waals surface area contributed by atoms with E-state index in [1.54, 1.807) is 19.1 Å². The fraction of sp³-hybridized carbons (Fsp3) is 0.636. The molecule has 162 valence electrons. The van der Waals surface area contributed by atoms with E-state index in [1.807, 2.05) is 39.0 Å². The molecule has 0 aliphatic carbocycles. The number of carbonyl (C=O) groups excluding carboxylic acids is 2. The maximum absolute atomic E-state index is 13.0. The van der Waals surface area contributed by atoms with Crippen molar-refractivity contribution in [3.8, 4) is 11.5 Å². The predicted molar refractivity (Wildman–Crippen MR) is 113 cm³/mol. The first-order chi connectivity index (χ1) is 13.6. The van der Waals surface area contributed by atoms with Gasteiger partial charge in [0.2, 0.25) is 5.91 Å². The molecule has 0 spiro atoms. The van der Waals surface area contributed by atoms with Crippen LogP contribution in [0.25, 0.3) is 0 Å². The molecule has 1 aliphatic heterocycles. The Balaban J connectivity index is 2.35. The fourth-order valence-corrected chi connectivity index (χ4v) is 3.52. The highest BCUT2D eigenvalue weighted by molar-refractivity contribution is 5.83. The molecule has 2 N–H and O–H groups in total. The standard InChI is InChI=1S/C22H35N3O4/c1-14(2)11-23-20(26)18-13-25(21(27)24-22(3,4)5)12-17(18)16-10-15(28-6)8-9-19(16)29-7/h8-10,14,17-18H,11-13H2,1-7H3,(H,23,26)(H,24,27)/t17-,18-/m1/s1. The van der Waals surface area contributed by atoms with E-state index in [2.05, 4.69) is 24.5 Å². The van der Waals surface area contributed by atoms with Gasteiger partial charge in [-0.3, -0.25) is 4.79 Å². The minimum Gasteiger partial charge on any atom is -0.497 e. The maximum atomic E-state index is 13.0. The number of likely N-dealkylation sites (tertiary alicyclic amines) is 1. The molecule has 1 fully saturated rings. The quantitative estimate of drug-likeness (QED) is 0.763. The highest BCUT2D eigenvalue weighted by Crippen LogP contribution is 2.39. The molecule has 1 saturated heterocycles. The highest BCUT2D eigenvalue weighted by atomic mass is 16.5. The van der Waals surface area contributed by atoms with Crippen molar-refractivity contribution < 1.29 is 19.1 Å². The molecule has 2 atom stereocenters. The van der Waals surface area contributed by atoms with Crippen molar-refractivity contribution in [3.63, 3.8) is 0 Å². The number of nitrogens with zero attached hydrogens (tertiary/aromatic N) is 1. The third kappa shape index (κ3) is 6.02. The van der Waals surface area contributed by atoms with Crippen molar-refractivity contribution >= 4 is 11.9 Å². The Bertz CT molecular complexity index is 727. The van der Waals surface area contributed by atoms with Crippen molar-refractivity contribution in [2.24, 2.45) is 11.8 Å². The van der Waals surface area contributed by atoms with Crippen LogP contribution in [0.2, 0.25) is 0 Å². The van der Waals surface area contributed by atoms with Crippen molar-refractivity contribution in [1.82, 2.24) is 15.5 Å². The van der Waals surface area contributed by atoms with E-state index in [4.69, 9.17) is 9.47 Å². The van der Waals surface area contributed by atoms with Crippen LogP contribution in [0.4, 0.5) is 4.79 Å². The van der Waals surface area contributed by atoms with Crippen LogP contribution < -0.4 is 20.1 Å². The molecule has 1 aromatic carbocycles. The number of nitrogens with one attached hydrogen (secondary N) is 2. The maximum Gasteiger partial charge on any atom is 0.317 e. The Morgan fingerprint density at radius 2 is 1.86 bits per heavy atom. The Kier molecular flexibility index (Phi) is 7.38. The van der Waals surface area contributed by atoms with Crippen LogP contribution in [0, 0.1) is 11.8 Å². The van der Waals surface area contributed by atoms with Gasteiger partial charge in [-0.25, -0.2) is 4.79 Å². The van der Waals surface area contributed by atoms with Gasteiger partial charge in [-0.15, -0.1) is 0 Å². The summed E-state index contributed by atoms with van der Waals surface area (Å²) in [5, 5.41) is 6.02. The molecule has 0 radical (unpaired) electrons. The molecule has 0 unspecified atom stereocenters. The van der Waals surface area contributed by atoms with E-state index in [9.17, 15) is 9.59 Å². The molecule has 7 nitrogen and oxygen atoms in total. The van der Waals surface area contributed by atoms with Crippen LogP contribution in [-0.4, -0.2) is 56.2 Å². The lowest BCUT2D eigenvalue weighted by atomic mass is 9.87. The molecule has 0 aromatic heterocycles. The Labute approximate surface area is 174 Å². The molecule has 0 saturated carbocycles. The summed E-state index contributed by atoms with van der Waals surface area (Å²) >= 11 is 0. The largest absolute Gasteiger partial charge is 0.497 e. The van der Waals surface area contributed by atoms with E-state index in [0.717, 1.165) is 5.56 Å². The number of benzene rings is 1. The molecular formula is C22H35N3O4. The van der Waals surface area contributed by atoms with E-state index < -0.39 is 0 Å². The van der Waals surface area contributed by atoms with Crippen LogP contribution in [-0.2, 0) is 4.79 Å². The van der Waals surface area contributed by atoms with Gasteiger partial charge in [0, 0.05) is 36.7 Å². The van der Waals surface area contributed by atoms with Crippen LogP contribution in [0.5, 0.6) is 11.5 Å². The zero-order chi connectivity index (χ0) is 21.8. The number of urea groups is 1. The first kappa shape index (κ1) is 22.8. The van der Waals surface area contributed by atoms with E-state index in [1.165, 1.54) is 0 Å². The summed E-state index contributed by atoms with van der Waals surface area (Å²) in [4.78, 5) is 27.5. The molecule has 0 bridgehead atoms. The molecule has 3 amide bonds.